The van der Waals surface area contributed by atoms with Crippen LogP contribution in [0.1, 0.15) is 101 Å². The Hall–Kier alpha value is -5.54. The van der Waals surface area contributed by atoms with Crippen molar-refractivity contribution in [3.8, 4) is 16.2 Å². The van der Waals surface area contributed by atoms with Gasteiger partial charge in [0.1, 0.15) is 29.1 Å². The van der Waals surface area contributed by atoms with Crippen molar-refractivity contribution in [3.63, 3.8) is 0 Å². The third-order valence-electron chi connectivity index (χ3n) is 14.1. The van der Waals surface area contributed by atoms with E-state index in [1.54, 1.807) is 6.07 Å². The molecule has 1 aromatic heterocycles. The minimum absolute atomic E-state index is 0.116. The number of fused-ring (bicyclic) bond motifs is 1. The monoisotopic (exact) mass is 959 g/mol. The number of hydrogen-bond acceptors (Lipinski definition) is 12. The molecular formula is C52H54ClN5O7S2. The molecule has 348 valence electrons. The Morgan fingerprint density at radius 3 is 2.33 bits per heavy atom. The topological polar surface area (TPSA) is 145 Å². The molecule has 5 aromatic rings. The number of likely N-dealkylation sites (tertiary alicyclic amines) is 1. The van der Waals surface area contributed by atoms with Gasteiger partial charge in [-0.3, -0.25) is 14.4 Å². The van der Waals surface area contributed by atoms with Crippen LogP contribution < -0.4 is 20.3 Å². The lowest BCUT2D eigenvalue weighted by molar-refractivity contribution is -0.110. The van der Waals surface area contributed by atoms with E-state index in [4.69, 9.17) is 16.3 Å². The van der Waals surface area contributed by atoms with E-state index in [-0.39, 0.29) is 41.8 Å². The fraction of sp³-hybridized carbons (Fsp3) is 0.385. The van der Waals surface area contributed by atoms with Gasteiger partial charge in [0, 0.05) is 77.4 Å². The van der Waals surface area contributed by atoms with E-state index in [0.717, 1.165) is 99.7 Å². The van der Waals surface area contributed by atoms with E-state index in [1.165, 1.54) is 37.0 Å². The van der Waals surface area contributed by atoms with E-state index in [2.05, 4.69) is 45.3 Å². The third kappa shape index (κ3) is 9.63. The van der Waals surface area contributed by atoms with E-state index < -0.39 is 6.04 Å². The maximum absolute atomic E-state index is 13.7. The first-order valence-electron chi connectivity index (χ1n) is 23.0. The van der Waals surface area contributed by atoms with Crippen molar-refractivity contribution in [1.29, 1.82) is 0 Å². The van der Waals surface area contributed by atoms with Gasteiger partial charge in [-0.25, -0.2) is 9.10 Å². The number of amides is 2. The number of nitrogens with one attached hydrogen (secondary N) is 2. The maximum atomic E-state index is 13.7. The van der Waals surface area contributed by atoms with E-state index in [1.807, 2.05) is 71.3 Å². The summed E-state index contributed by atoms with van der Waals surface area (Å²) in [5.74, 6) is 1.24. The summed E-state index contributed by atoms with van der Waals surface area (Å²) < 4.78 is 8.23. The molecule has 2 aliphatic carbocycles. The Kier molecular flexibility index (Phi) is 13.9. The van der Waals surface area contributed by atoms with Crippen LogP contribution in [0.2, 0.25) is 5.02 Å². The SMILES string of the molecule is CN(c1ccc(C2CCN(C(=O)Nc3cccc(CSN4C5(CC5)CC(Nc5cccc(-c6sc(C=O)c(OCC=O)c6Cl)c5)CC45CC5)c3)CC2)c2cccc(C=O)c12)C(C=O)CCC=O. The average molecular weight is 961 g/mol. The maximum Gasteiger partial charge on any atom is 0.321 e. The molecule has 0 bridgehead atoms. The van der Waals surface area contributed by atoms with Gasteiger partial charge in [0.05, 0.1) is 10.9 Å². The quantitative estimate of drug-likeness (QED) is 0.0602. The van der Waals surface area contributed by atoms with Gasteiger partial charge in [-0.1, -0.05) is 72.1 Å². The predicted octanol–water partition coefficient (Wildman–Crippen LogP) is 10.6. The largest absolute Gasteiger partial charge is 0.483 e. The minimum atomic E-state index is -0.498. The summed E-state index contributed by atoms with van der Waals surface area (Å²) in [6, 6.07) is 25.8. The lowest BCUT2D eigenvalue weighted by Gasteiger charge is -2.46. The number of ether oxygens (including phenoxy) is 1. The summed E-state index contributed by atoms with van der Waals surface area (Å²) in [4.78, 5) is 76.6. The number of halogens is 1. The van der Waals surface area contributed by atoms with E-state index >= 15 is 0 Å². The number of carbonyl (C=O) groups excluding carboxylic acids is 6. The summed E-state index contributed by atoms with van der Waals surface area (Å²) in [5, 5.41) is 9.14. The lowest BCUT2D eigenvalue weighted by atomic mass is 9.85. The molecule has 12 nitrogen and oxygen atoms in total. The second-order valence-corrected chi connectivity index (χ2v) is 20.7. The molecule has 4 aliphatic rings. The van der Waals surface area contributed by atoms with Crippen molar-refractivity contribution in [1.82, 2.24) is 9.21 Å². The lowest BCUT2D eigenvalue weighted by Crippen LogP contribution is -2.52. The summed E-state index contributed by atoms with van der Waals surface area (Å²) in [5.41, 5.74) is 6.56. The molecular weight excluding hydrogens is 906 g/mol. The molecule has 1 atom stereocenters. The molecule has 0 radical (unpaired) electrons. The predicted molar refractivity (Wildman–Crippen MR) is 267 cm³/mol. The van der Waals surface area contributed by atoms with Gasteiger partial charge in [0.2, 0.25) is 0 Å². The van der Waals surface area contributed by atoms with Gasteiger partial charge in [-0.2, -0.15) is 0 Å². The van der Waals surface area contributed by atoms with E-state index in [0.29, 0.717) is 53.6 Å². The number of likely N-dealkylation sites (N-methyl/N-ethyl adjacent to an activating group) is 1. The number of thiophene rings is 1. The average Bonchev–Trinajstić information content (AvgIpc) is 4.28. The summed E-state index contributed by atoms with van der Waals surface area (Å²) >= 11 is 9.87. The molecule has 2 N–H and O–H groups in total. The highest BCUT2D eigenvalue weighted by molar-refractivity contribution is 7.96. The molecule has 2 aliphatic heterocycles. The number of aldehydes is 5. The molecule has 2 saturated heterocycles. The van der Waals surface area contributed by atoms with Gasteiger partial charge in [-0.05, 0) is 116 Å². The Balaban J connectivity index is 0.805. The molecule has 2 amide bonds. The summed E-state index contributed by atoms with van der Waals surface area (Å²) in [6.45, 7) is 1.01. The normalized spacial score (nSPS) is 18.8. The summed E-state index contributed by atoms with van der Waals surface area (Å²) in [7, 11) is 1.83. The van der Waals surface area contributed by atoms with Gasteiger partial charge in [0.15, 0.2) is 24.6 Å². The molecule has 2 saturated carbocycles. The van der Waals surface area contributed by atoms with Crippen molar-refractivity contribution in [2.45, 2.75) is 99.0 Å². The van der Waals surface area contributed by atoms with Crippen LogP contribution in [0.25, 0.3) is 21.2 Å². The van der Waals surface area contributed by atoms with Crippen LogP contribution in [0.15, 0.2) is 78.9 Å². The fourth-order valence-corrected chi connectivity index (χ4v) is 13.4. The van der Waals surface area contributed by atoms with Gasteiger partial charge >= 0.3 is 6.03 Å². The number of benzene rings is 4. The minimum Gasteiger partial charge on any atom is -0.483 e. The molecule has 4 fully saturated rings. The second-order valence-electron chi connectivity index (χ2n) is 18.4. The fourth-order valence-electron chi connectivity index (χ4n) is 10.5. The van der Waals surface area contributed by atoms with Crippen LogP contribution >= 0.6 is 34.9 Å². The first kappa shape index (κ1) is 46.6. The van der Waals surface area contributed by atoms with Gasteiger partial charge < -0.3 is 34.8 Å². The molecule has 15 heteroatoms. The van der Waals surface area contributed by atoms with Crippen molar-refractivity contribution < 1.29 is 33.5 Å². The summed E-state index contributed by atoms with van der Waals surface area (Å²) in [6.07, 6.45) is 12.8. The second kappa shape index (κ2) is 20.0. The zero-order valence-electron chi connectivity index (χ0n) is 37.4. The number of rotatable bonds is 19. The van der Waals surface area contributed by atoms with E-state index in [9.17, 15) is 28.8 Å². The standard InChI is InChI=1S/C52H54ClN5O7S2/c1-56(41(31-62)11-5-23-59)44-14-13-42(43-12-4-8-37(30-61)46(43)44)35-15-21-57(22-16-35)50(64)55-38-9-2-6-34(26-38)33-66-58-51(17-18-51)28-40(29-52(58)19-20-52)54-39-10-3-7-36(27-39)49-47(53)48(65-25-24-60)45(32-63)67-49/h2-4,6-10,12-14,23-24,26-27,30-32,35,40-41,54H,5,11,15-22,25,28-29,33H2,1H3,(H,55,64). The molecule has 4 aromatic carbocycles. The van der Waals surface area contributed by atoms with Crippen molar-refractivity contribution in [2.75, 3.05) is 42.3 Å². The number of carbonyl (C=O) groups is 6. The Morgan fingerprint density at radius 2 is 1.64 bits per heavy atom. The third-order valence-corrected chi connectivity index (χ3v) is 17.2. The van der Waals surface area contributed by atoms with Crippen molar-refractivity contribution in [2.24, 2.45) is 0 Å². The molecule has 3 heterocycles. The first-order valence-corrected chi connectivity index (χ1v) is 25.2. The molecule has 2 spiro atoms. The van der Waals surface area contributed by atoms with Crippen LogP contribution in [0, 0.1) is 0 Å². The van der Waals surface area contributed by atoms with Crippen LogP contribution in [-0.4, -0.2) is 96.6 Å². The number of piperidine rings is 2. The van der Waals surface area contributed by atoms with Crippen molar-refractivity contribution >= 4 is 100 Å². The zero-order valence-corrected chi connectivity index (χ0v) is 39.8. The Bertz CT molecular complexity index is 2670. The number of anilines is 3. The molecule has 9 rings (SSSR count). The van der Waals surface area contributed by atoms with Crippen LogP contribution in [-0.2, 0) is 20.1 Å². The number of nitrogens with zero attached hydrogens (tertiary/aromatic N) is 3. The van der Waals surface area contributed by atoms with Crippen LogP contribution in [0.3, 0.4) is 0 Å². The Labute approximate surface area is 403 Å². The highest BCUT2D eigenvalue weighted by Crippen LogP contribution is 2.64. The highest BCUT2D eigenvalue weighted by Gasteiger charge is 2.64. The smallest absolute Gasteiger partial charge is 0.321 e. The molecule has 1 unspecified atom stereocenters. The molecule has 67 heavy (non-hydrogen) atoms. The van der Waals surface area contributed by atoms with Crippen LogP contribution in [0.5, 0.6) is 5.75 Å². The van der Waals surface area contributed by atoms with Gasteiger partial charge in [0.25, 0.3) is 0 Å². The number of urea groups is 1. The highest BCUT2D eigenvalue weighted by atomic mass is 35.5. The Morgan fingerprint density at radius 1 is 0.910 bits per heavy atom. The number of hydrogen-bond donors (Lipinski definition) is 2. The first-order chi connectivity index (χ1) is 32.6. The van der Waals surface area contributed by atoms with Crippen LogP contribution in [0.4, 0.5) is 21.9 Å². The van der Waals surface area contributed by atoms with Crippen molar-refractivity contribution in [3.05, 3.63) is 105 Å². The van der Waals surface area contributed by atoms with Gasteiger partial charge in [-0.15, -0.1) is 11.3 Å². The zero-order chi connectivity index (χ0) is 46.7.